The lowest BCUT2D eigenvalue weighted by Crippen LogP contribution is -2.19. The van der Waals surface area contributed by atoms with Crippen LogP contribution in [-0.4, -0.2) is 23.1 Å². The number of hydrogen-bond donors (Lipinski definition) is 1. The minimum absolute atomic E-state index is 0.0607. The van der Waals surface area contributed by atoms with Crippen LogP contribution in [0.2, 0.25) is 0 Å². The van der Waals surface area contributed by atoms with E-state index in [2.05, 4.69) is 9.97 Å². The third kappa shape index (κ3) is 3.51. The van der Waals surface area contributed by atoms with Crippen LogP contribution in [0.15, 0.2) is 30.3 Å². The first-order valence-electron chi connectivity index (χ1n) is 6.33. The highest BCUT2D eigenvalue weighted by molar-refractivity contribution is 5.60. The standard InChI is InChI=1S/C15H19N3O/c1-10(16)8-15-17-11(2)9-14(18-15)12-4-6-13(19-3)7-5-12/h4-7,9-10H,8,16H2,1-3H3. The number of hydrogen-bond acceptors (Lipinski definition) is 4. The van der Waals surface area contributed by atoms with Crippen molar-refractivity contribution in [1.29, 1.82) is 0 Å². The van der Waals surface area contributed by atoms with Crippen LogP contribution >= 0.6 is 0 Å². The van der Waals surface area contributed by atoms with Crippen molar-refractivity contribution in [3.05, 3.63) is 41.9 Å². The molecule has 2 rings (SSSR count). The first-order chi connectivity index (χ1) is 9.08. The first kappa shape index (κ1) is 13.5. The number of nitrogens with two attached hydrogens (primary N) is 1. The Kier molecular flexibility index (Phi) is 4.12. The third-order valence-corrected chi connectivity index (χ3v) is 2.79. The Labute approximate surface area is 113 Å². The van der Waals surface area contributed by atoms with Crippen LogP contribution in [-0.2, 0) is 6.42 Å². The summed E-state index contributed by atoms with van der Waals surface area (Å²) in [6.07, 6.45) is 0.685. The van der Waals surface area contributed by atoms with Crippen LogP contribution in [0, 0.1) is 6.92 Å². The molecular formula is C15H19N3O. The molecule has 0 aliphatic heterocycles. The molecule has 1 aromatic heterocycles. The van der Waals surface area contributed by atoms with Gasteiger partial charge in [-0.05, 0) is 44.2 Å². The van der Waals surface area contributed by atoms with Gasteiger partial charge >= 0.3 is 0 Å². The molecule has 0 fully saturated rings. The number of benzene rings is 1. The quantitative estimate of drug-likeness (QED) is 0.913. The lowest BCUT2D eigenvalue weighted by Gasteiger charge is -2.08. The molecular weight excluding hydrogens is 238 g/mol. The van der Waals surface area contributed by atoms with Gasteiger partial charge in [0.1, 0.15) is 11.6 Å². The molecule has 0 amide bonds. The predicted octanol–water partition coefficient (Wildman–Crippen LogP) is 2.35. The van der Waals surface area contributed by atoms with Crippen molar-refractivity contribution >= 4 is 0 Å². The van der Waals surface area contributed by atoms with Crippen molar-refractivity contribution in [2.45, 2.75) is 26.3 Å². The SMILES string of the molecule is COc1ccc(-c2cc(C)nc(CC(C)N)n2)cc1. The fourth-order valence-electron chi connectivity index (χ4n) is 1.92. The van der Waals surface area contributed by atoms with E-state index in [1.54, 1.807) is 7.11 Å². The molecule has 0 spiro atoms. The van der Waals surface area contributed by atoms with Crippen LogP contribution in [0.4, 0.5) is 0 Å². The van der Waals surface area contributed by atoms with Crippen LogP contribution < -0.4 is 10.5 Å². The first-order valence-corrected chi connectivity index (χ1v) is 6.33. The van der Waals surface area contributed by atoms with Crippen LogP contribution in [0.1, 0.15) is 18.4 Å². The summed E-state index contributed by atoms with van der Waals surface area (Å²) in [5.41, 5.74) is 8.73. The predicted molar refractivity (Wildman–Crippen MR) is 76.1 cm³/mol. The van der Waals surface area contributed by atoms with Gasteiger partial charge in [0.25, 0.3) is 0 Å². The fraction of sp³-hybridized carbons (Fsp3) is 0.333. The molecule has 2 aromatic rings. The van der Waals surface area contributed by atoms with Gasteiger partial charge < -0.3 is 10.5 Å². The average Bonchev–Trinajstić information content (AvgIpc) is 2.37. The minimum atomic E-state index is 0.0607. The number of ether oxygens (including phenoxy) is 1. The molecule has 0 saturated heterocycles. The van der Waals surface area contributed by atoms with E-state index in [1.165, 1.54) is 0 Å². The highest BCUT2D eigenvalue weighted by atomic mass is 16.5. The van der Waals surface area contributed by atoms with Gasteiger partial charge in [-0.3, -0.25) is 0 Å². The molecule has 1 aromatic carbocycles. The summed E-state index contributed by atoms with van der Waals surface area (Å²) in [6.45, 7) is 3.93. The van der Waals surface area contributed by atoms with E-state index >= 15 is 0 Å². The van der Waals surface area contributed by atoms with Crippen molar-refractivity contribution in [2.75, 3.05) is 7.11 Å². The summed E-state index contributed by atoms with van der Waals surface area (Å²) >= 11 is 0. The number of aromatic nitrogens is 2. The monoisotopic (exact) mass is 257 g/mol. The molecule has 0 bridgehead atoms. The fourth-order valence-corrected chi connectivity index (χ4v) is 1.92. The van der Waals surface area contributed by atoms with Crippen molar-refractivity contribution in [3.8, 4) is 17.0 Å². The number of nitrogens with zero attached hydrogens (tertiary/aromatic N) is 2. The van der Waals surface area contributed by atoms with Gasteiger partial charge in [0.05, 0.1) is 12.8 Å². The summed E-state index contributed by atoms with van der Waals surface area (Å²) in [4.78, 5) is 8.98. The second kappa shape index (κ2) is 5.80. The number of methoxy groups -OCH3 is 1. The van der Waals surface area contributed by atoms with Gasteiger partial charge in [-0.25, -0.2) is 9.97 Å². The molecule has 0 radical (unpaired) electrons. The largest absolute Gasteiger partial charge is 0.497 e. The van der Waals surface area contributed by atoms with Crippen LogP contribution in [0.3, 0.4) is 0 Å². The third-order valence-electron chi connectivity index (χ3n) is 2.79. The Hall–Kier alpha value is -1.94. The van der Waals surface area contributed by atoms with Gasteiger partial charge in [0.2, 0.25) is 0 Å². The maximum absolute atomic E-state index is 5.80. The molecule has 100 valence electrons. The van der Waals surface area contributed by atoms with E-state index in [0.29, 0.717) is 6.42 Å². The lowest BCUT2D eigenvalue weighted by molar-refractivity contribution is 0.415. The van der Waals surface area contributed by atoms with Gasteiger partial charge in [-0.15, -0.1) is 0 Å². The molecule has 4 nitrogen and oxygen atoms in total. The van der Waals surface area contributed by atoms with Crippen molar-refractivity contribution in [2.24, 2.45) is 5.73 Å². The Morgan fingerprint density at radius 1 is 1.21 bits per heavy atom. The average molecular weight is 257 g/mol. The van der Waals surface area contributed by atoms with Crippen molar-refractivity contribution in [1.82, 2.24) is 9.97 Å². The molecule has 2 N–H and O–H groups in total. The van der Waals surface area contributed by atoms with Gasteiger partial charge in [-0.1, -0.05) is 0 Å². The van der Waals surface area contributed by atoms with Gasteiger partial charge in [0.15, 0.2) is 0 Å². The smallest absolute Gasteiger partial charge is 0.130 e. The molecule has 1 atom stereocenters. The van der Waals surface area contributed by atoms with Crippen LogP contribution in [0.25, 0.3) is 11.3 Å². The zero-order valence-corrected chi connectivity index (χ0v) is 11.6. The van der Waals surface area contributed by atoms with E-state index in [-0.39, 0.29) is 6.04 Å². The second-order valence-corrected chi connectivity index (χ2v) is 4.72. The van der Waals surface area contributed by atoms with E-state index < -0.39 is 0 Å². The summed E-state index contributed by atoms with van der Waals surface area (Å²) in [5, 5.41) is 0. The zero-order chi connectivity index (χ0) is 13.8. The number of rotatable bonds is 4. The molecule has 0 saturated carbocycles. The van der Waals surface area contributed by atoms with E-state index in [0.717, 1.165) is 28.5 Å². The van der Waals surface area contributed by atoms with Crippen molar-refractivity contribution in [3.63, 3.8) is 0 Å². The number of aryl methyl sites for hydroxylation is 1. The summed E-state index contributed by atoms with van der Waals surface area (Å²) in [7, 11) is 1.66. The Morgan fingerprint density at radius 3 is 2.47 bits per heavy atom. The Morgan fingerprint density at radius 2 is 1.89 bits per heavy atom. The topological polar surface area (TPSA) is 61.0 Å². The lowest BCUT2D eigenvalue weighted by atomic mass is 10.1. The molecule has 0 aliphatic carbocycles. The minimum Gasteiger partial charge on any atom is -0.497 e. The van der Waals surface area contributed by atoms with Crippen LogP contribution in [0.5, 0.6) is 5.75 Å². The summed E-state index contributed by atoms with van der Waals surface area (Å²) < 4.78 is 5.16. The zero-order valence-electron chi connectivity index (χ0n) is 11.6. The molecule has 4 heteroatoms. The van der Waals surface area contributed by atoms with Crippen molar-refractivity contribution < 1.29 is 4.74 Å². The van der Waals surface area contributed by atoms with E-state index in [4.69, 9.17) is 10.5 Å². The van der Waals surface area contributed by atoms with E-state index in [9.17, 15) is 0 Å². The highest BCUT2D eigenvalue weighted by Crippen LogP contribution is 2.21. The highest BCUT2D eigenvalue weighted by Gasteiger charge is 2.07. The van der Waals surface area contributed by atoms with Gasteiger partial charge in [-0.2, -0.15) is 0 Å². The molecule has 1 unspecified atom stereocenters. The van der Waals surface area contributed by atoms with E-state index in [1.807, 2.05) is 44.2 Å². The molecule has 19 heavy (non-hydrogen) atoms. The Balaban J connectivity index is 2.34. The van der Waals surface area contributed by atoms with Gasteiger partial charge in [0, 0.05) is 23.7 Å². The second-order valence-electron chi connectivity index (χ2n) is 4.72. The molecule has 1 heterocycles. The maximum Gasteiger partial charge on any atom is 0.130 e. The summed E-state index contributed by atoms with van der Waals surface area (Å²) in [5.74, 6) is 1.63. The Bertz CT molecular complexity index is 550. The maximum atomic E-state index is 5.80. The molecule has 0 aliphatic rings. The summed E-state index contributed by atoms with van der Waals surface area (Å²) in [6, 6.07) is 9.89. The normalized spacial score (nSPS) is 12.2.